The Bertz CT molecular complexity index is 561. The topological polar surface area (TPSA) is 43.8 Å². The van der Waals surface area contributed by atoms with Crippen LogP contribution in [0.25, 0.3) is 0 Å². The molecule has 3 nitrogen and oxygen atoms in total. The molecule has 0 saturated carbocycles. The van der Waals surface area contributed by atoms with E-state index < -0.39 is 0 Å². The lowest BCUT2D eigenvalue weighted by atomic mass is 10.2. The second kappa shape index (κ2) is 4.82. The predicted octanol–water partition coefficient (Wildman–Crippen LogP) is 3.66. The van der Waals surface area contributed by atoms with Crippen LogP contribution < -0.4 is 5.73 Å². The van der Waals surface area contributed by atoms with Gasteiger partial charge in [0.05, 0.1) is 22.4 Å². The molecule has 1 aromatic carbocycles. The highest BCUT2D eigenvalue weighted by Gasteiger charge is 2.10. The van der Waals surface area contributed by atoms with E-state index in [-0.39, 0.29) is 0 Å². The molecule has 5 heteroatoms. The van der Waals surface area contributed by atoms with E-state index in [1.165, 1.54) is 0 Å². The first-order chi connectivity index (χ1) is 8.00. The summed E-state index contributed by atoms with van der Waals surface area (Å²) in [4.78, 5) is 0. The molecule has 0 aliphatic carbocycles. The maximum absolute atomic E-state index is 5.86. The summed E-state index contributed by atoms with van der Waals surface area (Å²) in [5.74, 6) is 0. The van der Waals surface area contributed by atoms with Gasteiger partial charge in [0.1, 0.15) is 0 Å². The third-order valence-corrected chi connectivity index (χ3v) is 4.84. The Hall–Kier alpha value is -0.810. The quantitative estimate of drug-likeness (QED) is 0.832. The lowest BCUT2D eigenvalue weighted by Crippen LogP contribution is -2.05. The molecule has 0 atom stereocenters. The number of halogens is 2. The molecule has 2 aromatic rings. The zero-order valence-electron chi connectivity index (χ0n) is 9.67. The summed E-state index contributed by atoms with van der Waals surface area (Å²) in [6.07, 6.45) is 0. The van der Waals surface area contributed by atoms with Gasteiger partial charge < -0.3 is 5.73 Å². The summed E-state index contributed by atoms with van der Waals surface area (Å²) >= 11 is 7.04. The van der Waals surface area contributed by atoms with Crippen LogP contribution in [0.2, 0.25) is 0 Å². The Kier molecular flexibility index (Phi) is 3.58. The van der Waals surface area contributed by atoms with Gasteiger partial charge in [-0.15, -0.1) is 0 Å². The van der Waals surface area contributed by atoms with Crippen molar-refractivity contribution in [1.82, 2.24) is 9.78 Å². The lowest BCUT2D eigenvalue weighted by molar-refractivity contribution is 0.657. The number of nitrogens with two attached hydrogens (primary N) is 1. The van der Waals surface area contributed by atoms with Crippen molar-refractivity contribution in [3.8, 4) is 0 Å². The number of nitrogens with zero attached hydrogens (tertiary/aromatic N) is 2. The minimum absolute atomic E-state index is 0.712. The van der Waals surface area contributed by atoms with E-state index in [2.05, 4.69) is 37.0 Å². The summed E-state index contributed by atoms with van der Waals surface area (Å²) in [5.41, 5.74) is 9.87. The molecule has 2 N–H and O–H groups in total. The van der Waals surface area contributed by atoms with Crippen molar-refractivity contribution < 1.29 is 0 Å². The summed E-state index contributed by atoms with van der Waals surface area (Å²) in [5, 5.41) is 4.48. The van der Waals surface area contributed by atoms with Crippen molar-refractivity contribution in [2.24, 2.45) is 0 Å². The second-order valence-electron chi connectivity index (χ2n) is 3.96. The van der Waals surface area contributed by atoms with Crippen molar-refractivity contribution in [1.29, 1.82) is 0 Å². The highest BCUT2D eigenvalue weighted by atomic mass is 79.9. The molecular weight excluding hydrogens is 346 g/mol. The maximum atomic E-state index is 5.86. The number of hydrogen-bond donors (Lipinski definition) is 1. The van der Waals surface area contributed by atoms with Gasteiger partial charge in [-0.3, -0.25) is 4.68 Å². The van der Waals surface area contributed by atoms with Crippen molar-refractivity contribution in [3.05, 3.63) is 44.1 Å². The van der Waals surface area contributed by atoms with Gasteiger partial charge in [0.25, 0.3) is 0 Å². The Morgan fingerprint density at radius 1 is 1.24 bits per heavy atom. The molecule has 0 saturated heterocycles. The molecule has 0 amide bonds. The standard InChI is InChI=1S/C12H13Br2N3/c1-7-11(13)8(2)17(16-7)6-9-4-3-5-10(15)12(9)14/h3-5H,6,15H2,1-2H3. The molecule has 0 aliphatic heterocycles. The number of anilines is 1. The molecule has 0 fully saturated rings. The fraction of sp³-hybridized carbons (Fsp3) is 0.250. The normalized spacial score (nSPS) is 10.8. The van der Waals surface area contributed by atoms with Crippen LogP contribution in [0.3, 0.4) is 0 Å². The Balaban J connectivity index is 2.38. The van der Waals surface area contributed by atoms with Gasteiger partial charge in [-0.1, -0.05) is 12.1 Å². The van der Waals surface area contributed by atoms with E-state index >= 15 is 0 Å². The number of hydrogen-bond acceptors (Lipinski definition) is 2. The van der Waals surface area contributed by atoms with Crippen molar-refractivity contribution in [2.75, 3.05) is 5.73 Å². The first-order valence-corrected chi connectivity index (χ1v) is 6.81. The van der Waals surface area contributed by atoms with Crippen molar-refractivity contribution >= 4 is 37.5 Å². The van der Waals surface area contributed by atoms with Gasteiger partial charge in [0, 0.05) is 10.2 Å². The van der Waals surface area contributed by atoms with Crippen LogP contribution in [-0.4, -0.2) is 9.78 Å². The van der Waals surface area contributed by atoms with E-state index in [1.54, 1.807) is 0 Å². The maximum Gasteiger partial charge on any atom is 0.0738 e. The van der Waals surface area contributed by atoms with Crippen LogP contribution in [0, 0.1) is 13.8 Å². The molecular formula is C12H13Br2N3. The summed E-state index contributed by atoms with van der Waals surface area (Å²) < 4.78 is 3.99. The van der Waals surface area contributed by atoms with Gasteiger partial charge in [0.2, 0.25) is 0 Å². The first-order valence-electron chi connectivity index (χ1n) is 5.23. The summed E-state index contributed by atoms with van der Waals surface area (Å²) in [6.45, 7) is 4.75. The molecule has 2 rings (SSSR count). The van der Waals surface area contributed by atoms with Crippen LogP contribution in [0.1, 0.15) is 17.0 Å². The highest BCUT2D eigenvalue weighted by molar-refractivity contribution is 9.11. The summed E-state index contributed by atoms with van der Waals surface area (Å²) in [7, 11) is 0. The Labute approximate surface area is 117 Å². The van der Waals surface area contributed by atoms with E-state index in [0.29, 0.717) is 6.54 Å². The number of rotatable bonds is 2. The molecule has 1 heterocycles. The average molecular weight is 359 g/mol. The van der Waals surface area contributed by atoms with Crippen molar-refractivity contribution in [3.63, 3.8) is 0 Å². The Morgan fingerprint density at radius 2 is 1.94 bits per heavy atom. The molecule has 0 bridgehead atoms. The molecule has 0 spiro atoms. The molecule has 90 valence electrons. The predicted molar refractivity (Wildman–Crippen MR) is 77.1 cm³/mol. The van der Waals surface area contributed by atoms with Crippen LogP contribution in [0.4, 0.5) is 5.69 Å². The van der Waals surface area contributed by atoms with Crippen LogP contribution >= 0.6 is 31.9 Å². The lowest BCUT2D eigenvalue weighted by Gasteiger charge is -2.08. The molecule has 0 aliphatic rings. The fourth-order valence-electron chi connectivity index (χ4n) is 1.71. The smallest absolute Gasteiger partial charge is 0.0738 e. The second-order valence-corrected chi connectivity index (χ2v) is 5.55. The Morgan fingerprint density at radius 3 is 2.53 bits per heavy atom. The SMILES string of the molecule is Cc1nn(Cc2cccc(N)c2Br)c(C)c1Br. The molecule has 0 radical (unpaired) electrons. The van der Waals surface area contributed by atoms with Crippen molar-refractivity contribution in [2.45, 2.75) is 20.4 Å². The number of aromatic nitrogens is 2. The van der Waals surface area contributed by atoms with Crippen LogP contribution in [0.5, 0.6) is 0 Å². The first kappa shape index (κ1) is 12.6. The molecule has 0 unspecified atom stereocenters. The van der Waals surface area contributed by atoms with Gasteiger partial charge in [-0.05, 0) is 57.3 Å². The minimum atomic E-state index is 0.712. The van der Waals surface area contributed by atoms with E-state index in [1.807, 2.05) is 36.7 Å². The molecule has 17 heavy (non-hydrogen) atoms. The zero-order valence-corrected chi connectivity index (χ0v) is 12.8. The third kappa shape index (κ3) is 2.40. The van der Waals surface area contributed by atoms with E-state index in [4.69, 9.17) is 5.73 Å². The zero-order chi connectivity index (χ0) is 12.6. The van der Waals surface area contributed by atoms with Gasteiger partial charge in [-0.25, -0.2) is 0 Å². The third-order valence-electron chi connectivity index (χ3n) is 2.72. The number of aryl methyl sites for hydroxylation is 1. The fourth-order valence-corrected chi connectivity index (χ4v) is 2.39. The summed E-state index contributed by atoms with van der Waals surface area (Å²) in [6, 6.07) is 5.88. The van der Waals surface area contributed by atoms with E-state index in [9.17, 15) is 0 Å². The minimum Gasteiger partial charge on any atom is -0.398 e. The van der Waals surface area contributed by atoms with Crippen LogP contribution in [-0.2, 0) is 6.54 Å². The highest BCUT2D eigenvalue weighted by Crippen LogP contribution is 2.26. The van der Waals surface area contributed by atoms with Gasteiger partial charge in [0.15, 0.2) is 0 Å². The van der Waals surface area contributed by atoms with E-state index in [0.717, 1.165) is 31.6 Å². The molecule has 1 aromatic heterocycles. The monoisotopic (exact) mass is 357 g/mol. The number of benzene rings is 1. The largest absolute Gasteiger partial charge is 0.398 e. The number of nitrogen functional groups attached to an aromatic ring is 1. The average Bonchev–Trinajstić information content (AvgIpc) is 2.53. The van der Waals surface area contributed by atoms with Crippen LogP contribution in [0.15, 0.2) is 27.1 Å². The van der Waals surface area contributed by atoms with Gasteiger partial charge >= 0.3 is 0 Å². The van der Waals surface area contributed by atoms with Gasteiger partial charge in [-0.2, -0.15) is 5.10 Å².